The van der Waals surface area contributed by atoms with Crippen LogP contribution in [0.5, 0.6) is 0 Å². The molecule has 0 unspecified atom stereocenters. The molecule has 0 radical (unpaired) electrons. The Labute approximate surface area is 197 Å². The summed E-state index contributed by atoms with van der Waals surface area (Å²) >= 11 is 6.02. The van der Waals surface area contributed by atoms with E-state index in [4.69, 9.17) is 11.6 Å². The van der Waals surface area contributed by atoms with Crippen molar-refractivity contribution in [2.45, 2.75) is 0 Å². The minimum atomic E-state index is -0.330. The standard InChI is InChI=1S/C25H24ClN5O2/c26-21-8-4-7-20(17-21)23(32)30-24(27-13-15-31-16-14-28-25(31)33)29-22-11-9-19(10-12-22)18-5-2-1-3-6-18/h1-12,17H,13-16H2,(H,28,33)(H2,27,29,30,32). The maximum Gasteiger partial charge on any atom is 0.317 e. The summed E-state index contributed by atoms with van der Waals surface area (Å²) in [5, 5.41) is 9.23. The number of carbonyl (C=O) groups is 2. The van der Waals surface area contributed by atoms with Crippen LogP contribution in [-0.4, -0.2) is 49.0 Å². The number of carbonyl (C=O) groups excluding carboxylic acids is 2. The van der Waals surface area contributed by atoms with Gasteiger partial charge in [-0.15, -0.1) is 0 Å². The van der Waals surface area contributed by atoms with Crippen LogP contribution in [0.1, 0.15) is 10.4 Å². The largest absolute Gasteiger partial charge is 0.336 e. The van der Waals surface area contributed by atoms with Crippen molar-refractivity contribution < 1.29 is 9.59 Å². The Morgan fingerprint density at radius 1 is 1.00 bits per heavy atom. The number of urea groups is 1. The summed E-state index contributed by atoms with van der Waals surface area (Å²) in [5.41, 5.74) is 3.41. The van der Waals surface area contributed by atoms with Crippen molar-refractivity contribution in [2.75, 3.05) is 31.5 Å². The van der Waals surface area contributed by atoms with Gasteiger partial charge in [0.1, 0.15) is 0 Å². The average Bonchev–Trinajstić information content (AvgIpc) is 3.24. The Bertz CT molecular complexity index is 1150. The van der Waals surface area contributed by atoms with Crippen LogP contribution in [-0.2, 0) is 0 Å². The molecule has 0 aliphatic carbocycles. The van der Waals surface area contributed by atoms with E-state index in [1.807, 2.05) is 42.5 Å². The van der Waals surface area contributed by atoms with Crippen LogP contribution in [0.25, 0.3) is 11.1 Å². The SMILES string of the molecule is O=C(NC(=NCCN1CCNC1=O)Nc1ccc(-c2ccccc2)cc1)c1cccc(Cl)c1. The number of guanidine groups is 1. The van der Waals surface area contributed by atoms with Crippen LogP contribution in [0.2, 0.25) is 5.02 Å². The second-order valence-electron chi connectivity index (χ2n) is 7.48. The summed E-state index contributed by atoms with van der Waals surface area (Å²) in [7, 11) is 0. The highest BCUT2D eigenvalue weighted by molar-refractivity contribution is 6.31. The fourth-order valence-electron chi connectivity index (χ4n) is 3.44. The third-order valence-corrected chi connectivity index (χ3v) is 5.39. The van der Waals surface area contributed by atoms with E-state index in [1.165, 1.54) is 0 Å². The van der Waals surface area contributed by atoms with Gasteiger partial charge in [-0.05, 0) is 41.5 Å². The van der Waals surface area contributed by atoms with Crippen molar-refractivity contribution in [3.8, 4) is 11.1 Å². The van der Waals surface area contributed by atoms with Gasteiger partial charge in [0.2, 0.25) is 5.96 Å². The highest BCUT2D eigenvalue weighted by Crippen LogP contribution is 2.21. The van der Waals surface area contributed by atoms with Crippen molar-refractivity contribution in [3.63, 3.8) is 0 Å². The Morgan fingerprint density at radius 3 is 2.45 bits per heavy atom. The number of nitrogens with zero attached hydrogens (tertiary/aromatic N) is 2. The fourth-order valence-corrected chi connectivity index (χ4v) is 3.63. The van der Waals surface area contributed by atoms with Crippen LogP contribution in [0.15, 0.2) is 83.9 Å². The van der Waals surface area contributed by atoms with Gasteiger partial charge in [0.15, 0.2) is 0 Å². The zero-order valence-electron chi connectivity index (χ0n) is 17.9. The molecule has 7 nitrogen and oxygen atoms in total. The smallest absolute Gasteiger partial charge is 0.317 e. The van der Waals surface area contributed by atoms with E-state index < -0.39 is 0 Å². The first-order valence-corrected chi connectivity index (χ1v) is 11.0. The van der Waals surface area contributed by atoms with E-state index in [9.17, 15) is 9.59 Å². The highest BCUT2D eigenvalue weighted by atomic mass is 35.5. The first kappa shape index (κ1) is 22.4. The molecule has 3 aromatic carbocycles. The maximum atomic E-state index is 12.7. The predicted molar refractivity (Wildman–Crippen MR) is 132 cm³/mol. The molecule has 0 bridgehead atoms. The second kappa shape index (κ2) is 10.7. The molecule has 168 valence electrons. The molecule has 3 aromatic rings. The fraction of sp³-hybridized carbons (Fsp3) is 0.160. The lowest BCUT2D eigenvalue weighted by Gasteiger charge is -2.15. The predicted octanol–water partition coefficient (Wildman–Crippen LogP) is 4.23. The summed E-state index contributed by atoms with van der Waals surface area (Å²) < 4.78 is 0. The first-order chi connectivity index (χ1) is 16.1. The first-order valence-electron chi connectivity index (χ1n) is 10.7. The molecule has 1 saturated heterocycles. The van der Waals surface area contributed by atoms with Crippen LogP contribution in [0, 0.1) is 0 Å². The lowest BCUT2D eigenvalue weighted by molar-refractivity contribution is 0.0977. The Hall–Kier alpha value is -3.84. The van der Waals surface area contributed by atoms with Gasteiger partial charge in [-0.3, -0.25) is 15.1 Å². The molecule has 1 heterocycles. The molecule has 33 heavy (non-hydrogen) atoms. The average molecular weight is 462 g/mol. The number of halogens is 1. The molecule has 0 atom stereocenters. The number of hydrogen-bond donors (Lipinski definition) is 3. The van der Waals surface area contributed by atoms with Gasteiger partial charge >= 0.3 is 6.03 Å². The van der Waals surface area contributed by atoms with Crippen LogP contribution in [0.4, 0.5) is 10.5 Å². The van der Waals surface area contributed by atoms with Gasteiger partial charge < -0.3 is 15.5 Å². The van der Waals surface area contributed by atoms with E-state index in [0.717, 1.165) is 16.8 Å². The molecule has 3 N–H and O–H groups in total. The summed E-state index contributed by atoms with van der Waals surface area (Å²) in [6.45, 7) is 2.07. The number of amides is 3. The molecule has 0 aromatic heterocycles. The molecule has 1 aliphatic heterocycles. The Kier molecular flexibility index (Phi) is 7.22. The number of benzene rings is 3. The van der Waals surface area contributed by atoms with Gasteiger partial charge in [0, 0.05) is 35.9 Å². The van der Waals surface area contributed by atoms with Gasteiger partial charge in [-0.1, -0.05) is 60.1 Å². The molecule has 1 aliphatic rings. The van der Waals surface area contributed by atoms with Crippen molar-refractivity contribution >= 4 is 35.2 Å². The minimum absolute atomic E-state index is 0.0980. The van der Waals surface area contributed by atoms with Gasteiger partial charge in [0.25, 0.3) is 5.91 Å². The molecule has 1 fully saturated rings. The van der Waals surface area contributed by atoms with E-state index in [2.05, 4.69) is 33.1 Å². The summed E-state index contributed by atoms with van der Waals surface area (Å²) in [5.74, 6) is -0.0318. The van der Waals surface area contributed by atoms with Crippen LogP contribution in [0.3, 0.4) is 0 Å². The molecule has 8 heteroatoms. The Balaban J connectivity index is 1.48. The molecule has 4 rings (SSSR count). The molecule has 0 saturated carbocycles. The van der Waals surface area contributed by atoms with Gasteiger partial charge in [0.05, 0.1) is 6.54 Å². The minimum Gasteiger partial charge on any atom is -0.336 e. The summed E-state index contributed by atoms with van der Waals surface area (Å²) in [6, 6.07) is 24.5. The van der Waals surface area contributed by atoms with E-state index >= 15 is 0 Å². The molecular formula is C25H24ClN5O2. The van der Waals surface area contributed by atoms with Gasteiger partial charge in [-0.2, -0.15) is 0 Å². The van der Waals surface area contributed by atoms with Gasteiger partial charge in [-0.25, -0.2) is 4.79 Å². The Morgan fingerprint density at radius 2 is 1.76 bits per heavy atom. The number of hydrogen-bond acceptors (Lipinski definition) is 3. The number of aliphatic imine (C=N–C) groups is 1. The van der Waals surface area contributed by atoms with Crippen LogP contribution < -0.4 is 16.0 Å². The van der Waals surface area contributed by atoms with Crippen LogP contribution >= 0.6 is 11.6 Å². The van der Waals surface area contributed by atoms with E-state index in [-0.39, 0.29) is 11.9 Å². The normalized spacial score (nSPS) is 13.5. The quantitative estimate of drug-likeness (QED) is 0.379. The number of nitrogens with one attached hydrogen (secondary N) is 3. The number of rotatable bonds is 6. The highest BCUT2D eigenvalue weighted by Gasteiger charge is 2.18. The van der Waals surface area contributed by atoms with Crippen molar-refractivity contribution in [3.05, 3.63) is 89.4 Å². The lowest BCUT2D eigenvalue weighted by Crippen LogP contribution is -2.37. The van der Waals surface area contributed by atoms with Crippen molar-refractivity contribution in [2.24, 2.45) is 4.99 Å². The topological polar surface area (TPSA) is 85.8 Å². The summed E-state index contributed by atoms with van der Waals surface area (Å²) in [6.07, 6.45) is 0. The van der Waals surface area contributed by atoms with E-state index in [1.54, 1.807) is 29.2 Å². The zero-order valence-corrected chi connectivity index (χ0v) is 18.7. The lowest BCUT2D eigenvalue weighted by atomic mass is 10.1. The molecule has 0 spiro atoms. The monoisotopic (exact) mass is 461 g/mol. The molecular weight excluding hydrogens is 438 g/mol. The molecule has 3 amide bonds. The zero-order chi connectivity index (χ0) is 23.0. The van der Waals surface area contributed by atoms with Crippen molar-refractivity contribution in [1.82, 2.24) is 15.5 Å². The van der Waals surface area contributed by atoms with Crippen molar-refractivity contribution in [1.29, 1.82) is 0 Å². The maximum absolute atomic E-state index is 12.7. The third-order valence-electron chi connectivity index (χ3n) is 5.16. The third kappa shape index (κ3) is 6.11. The van der Waals surface area contributed by atoms with E-state index in [0.29, 0.717) is 42.7 Å². The second-order valence-corrected chi connectivity index (χ2v) is 7.92. The number of anilines is 1. The summed E-state index contributed by atoms with van der Waals surface area (Å²) in [4.78, 5) is 30.7.